The second-order valence-electron chi connectivity index (χ2n) is 7.14. The van der Waals surface area contributed by atoms with Gasteiger partial charge >= 0.3 is 6.03 Å². The summed E-state index contributed by atoms with van der Waals surface area (Å²) in [6.45, 7) is 3.81. The number of urea groups is 1. The first kappa shape index (κ1) is 18.5. The molecule has 0 spiro atoms. The van der Waals surface area contributed by atoms with Crippen LogP contribution >= 0.6 is 0 Å². The van der Waals surface area contributed by atoms with Crippen molar-refractivity contribution >= 4 is 11.9 Å². The Morgan fingerprint density at radius 1 is 1.04 bits per heavy atom. The zero-order chi connectivity index (χ0) is 19.3. The summed E-state index contributed by atoms with van der Waals surface area (Å²) in [7, 11) is 0. The molecule has 2 saturated heterocycles. The second-order valence-corrected chi connectivity index (χ2v) is 7.14. The van der Waals surface area contributed by atoms with Crippen LogP contribution in [-0.4, -0.2) is 77.4 Å². The van der Waals surface area contributed by atoms with Crippen LogP contribution in [0.4, 0.5) is 4.79 Å². The summed E-state index contributed by atoms with van der Waals surface area (Å²) in [5, 5.41) is 10.1. The summed E-state index contributed by atoms with van der Waals surface area (Å²) < 4.78 is 5.31. The summed E-state index contributed by atoms with van der Waals surface area (Å²) in [5.41, 5.74) is 2.19. The molecule has 1 aromatic heterocycles. The summed E-state index contributed by atoms with van der Waals surface area (Å²) in [4.78, 5) is 29.0. The smallest absolute Gasteiger partial charge is 0.320 e. The van der Waals surface area contributed by atoms with Gasteiger partial charge in [0, 0.05) is 37.8 Å². The predicted octanol–water partition coefficient (Wildman–Crippen LogP) is 1.72. The van der Waals surface area contributed by atoms with Gasteiger partial charge in [0.15, 0.2) is 0 Å². The van der Waals surface area contributed by atoms with Crippen LogP contribution in [0.15, 0.2) is 36.5 Å². The van der Waals surface area contributed by atoms with Gasteiger partial charge in [-0.25, -0.2) is 4.79 Å². The molecule has 0 radical (unpaired) electrons. The van der Waals surface area contributed by atoms with Gasteiger partial charge in [0.1, 0.15) is 0 Å². The van der Waals surface area contributed by atoms with Crippen LogP contribution in [0.1, 0.15) is 23.2 Å². The van der Waals surface area contributed by atoms with Gasteiger partial charge in [0.2, 0.25) is 0 Å². The fourth-order valence-corrected chi connectivity index (χ4v) is 3.72. The summed E-state index contributed by atoms with van der Waals surface area (Å²) in [6.07, 6.45) is 3.06. The standard InChI is InChI=1S/C20H25N5O3/c26-19(17-14-21-23-18(17)15-4-2-1-3-5-15)22-16-6-8-24(9-7-16)20(27)25-10-12-28-13-11-25/h1-5,14,16H,6-13H2,(H,21,23)(H,22,26). The van der Waals surface area contributed by atoms with E-state index >= 15 is 0 Å². The number of aromatic nitrogens is 2. The fraction of sp³-hybridized carbons (Fsp3) is 0.450. The largest absolute Gasteiger partial charge is 0.378 e. The molecule has 3 amide bonds. The van der Waals surface area contributed by atoms with E-state index in [1.807, 2.05) is 40.1 Å². The number of hydrogen-bond donors (Lipinski definition) is 2. The van der Waals surface area contributed by atoms with E-state index in [2.05, 4.69) is 15.5 Å². The number of ether oxygens (including phenoxy) is 1. The average molecular weight is 383 g/mol. The molecular formula is C20H25N5O3. The van der Waals surface area contributed by atoms with Crippen LogP contribution < -0.4 is 5.32 Å². The van der Waals surface area contributed by atoms with Gasteiger partial charge in [-0.05, 0) is 12.8 Å². The van der Waals surface area contributed by atoms with Crippen molar-refractivity contribution in [1.82, 2.24) is 25.3 Å². The average Bonchev–Trinajstić information content (AvgIpc) is 3.25. The number of rotatable bonds is 3. The number of nitrogens with zero attached hydrogens (tertiary/aromatic N) is 3. The number of carbonyl (C=O) groups excluding carboxylic acids is 2. The molecule has 148 valence electrons. The molecule has 2 aliphatic rings. The van der Waals surface area contributed by atoms with E-state index in [-0.39, 0.29) is 18.0 Å². The molecule has 0 aliphatic carbocycles. The molecule has 2 aliphatic heterocycles. The van der Waals surface area contributed by atoms with Crippen LogP contribution in [0.3, 0.4) is 0 Å². The highest BCUT2D eigenvalue weighted by Gasteiger charge is 2.28. The van der Waals surface area contributed by atoms with Gasteiger partial charge in [-0.2, -0.15) is 5.10 Å². The van der Waals surface area contributed by atoms with Gasteiger partial charge in [-0.3, -0.25) is 9.89 Å². The Labute approximate surface area is 163 Å². The number of amides is 3. The van der Waals surface area contributed by atoms with Crippen LogP contribution in [-0.2, 0) is 4.74 Å². The minimum absolute atomic E-state index is 0.0553. The zero-order valence-electron chi connectivity index (χ0n) is 15.8. The molecule has 8 nitrogen and oxygen atoms in total. The number of H-pyrrole nitrogens is 1. The van der Waals surface area contributed by atoms with Crippen molar-refractivity contribution in [2.45, 2.75) is 18.9 Å². The molecule has 4 rings (SSSR count). The molecule has 2 fully saturated rings. The summed E-state index contributed by atoms with van der Waals surface area (Å²) in [5.74, 6) is -0.134. The first-order valence-electron chi connectivity index (χ1n) is 9.73. The highest BCUT2D eigenvalue weighted by molar-refractivity contribution is 5.99. The first-order valence-corrected chi connectivity index (χ1v) is 9.73. The van der Waals surface area contributed by atoms with Gasteiger partial charge in [-0.15, -0.1) is 0 Å². The van der Waals surface area contributed by atoms with Crippen molar-refractivity contribution in [3.63, 3.8) is 0 Å². The lowest BCUT2D eigenvalue weighted by atomic mass is 10.0. The number of aromatic amines is 1. The van der Waals surface area contributed by atoms with Crippen LogP contribution in [0.2, 0.25) is 0 Å². The van der Waals surface area contributed by atoms with Gasteiger partial charge in [0.05, 0.1) is 30.7 Å². The maximum absolute atomic E-state index is 12.8. The molecule has 0 unspecified atom stereocenters. The second kappa shape index (κ2) is 8.43. The van der Waals surface area contributed by atoms with Crippen molar-refractivity contribution in [1.29, 1.82) is 0 Å². The van der Waals surface area contributed by atoms with Crippen molar-refractivity contribution < 1.29 is 14.3 Å². The normalized spacial score (nSPS) is 18.1. The maximum atomic E-state index is 12.8. The van der Waals surface area contributed by atoms with Gasteiger partial charge in [0.25, 0.3) is 5.91 Å². The zero-order valence-corrected chi connectivity index (χ0v) is 15.8. The van der Waals surface area contributed by atoms with E-state index in [0.717, 1.165) is 24.1 Å². The van der Waals surface area contributed by atoms with E-state index in [4.69, 9.17) is 4.74 Å². The minimum Gasteiger partial charge on any atom is -0.378 e. The molecule has 0 bridgehead atoms. The number of likely N-dealkylation sites (tertiary alicyclic amines) is 1. The van der Waals surface area contributed by atoms with Crippen LogP contribution in [0.5, 0.6) is 0 Å². The van der Waals surface area contributed by atoms with Crippen molar-refractivity contribution in [3.8, 4) is 11.3 Å². The Hall–Kier alpha value is -2.87. The first-order chi connectivity index (χ1) is 13.7. The fourth-order valence-electron chi connectivity index (χ4n) is 3.72. The Balaban J connectivity index is 1.32. The van der Waals surface area contributed by atoms with Crippen molar-refractivity contribution in [3.05, 3.63) is 42.1 Å². The highest BCUT2D eigenvalue weighted by Crippen LogP contribution is 2.21. The molecular weight excluding hydrogens is 358 g/mol. The predicted molar refractivity (Wildman–Crippen MR) is 104 cm³/mol. The molecule has 3 heterocycles. The monoisotopic (exact) mass is 383 g/mol. The molecule has 28 heavy (non-hydrogen) atoms. The number of hydrogen-bond acceptors (Lipinski definition) is 4. The number of morpholine rings is 1. The lowest BCUT2D eigenvalue weighted by molar-refractivity contribution is 0.0407. The lowest BCUT2D eigenvalue weighted by Crippen LogP contribution is -2.52. The Morgan fingerprint density at radius 2 is 1.71 bits per heavy atom. The number of benzene rings is 1. The third kappa shape index (κ3) is 4.01. The number of nitrogens with one attached hydrogen (secondary N) is 2. The quantitative estimate of drug-likeness (QED) is 0.844. The Bertz CT molecular complexity index is 808. The van der Waals surface area contributed by atoms with Gasteiger partial charge < -0.3 is 19.9 Å². The summed E-state index contributed by atoms with van der Waals surface area (Å²) in [6, 6.07) is 9.82. The molecule has 2 aromatic rings. The van der Waals surface area contributed by atoms with Crippen molar-refractivity contribution in [2.75, 3.05) is 39.4 Å². The lowest BCUT2D eigenvalue weighted by Gasteiger charge is -2.37. The van der Waals surface area contributed by atoms with E-state index in [1.54, 1.807) is 6.20 Å². The SMILES string of the molecule is O=C(NC1CCN(C(=O)N2CCOCC2)CC1)c1cn[nH]c1-c1ccccc1. The van der Waals surface area contributed by atoms with E-state index in [0.29, 0.717) is 45.0 Å². The minimum atomic E-state index is -0.134. The molecule has 0 atom stereocenters. The highest BCUT2D eigenvalue weighted by atomic mass is 16.5. The third-order valence-corrected chi connectivity index (χ3v) is 5.33. The van der Waals surface area contributed by atoms with Gasteiger partial charge in [-0.1, -0.05) is 30.3 Å². The van der Waals surface area contributed by atoms with Crippen molar-refractivity contribution in [2.24, 2.45) is 0 Å². The maximum Gasteiger partial charge on any atom is 0.320 e. The molecule has 2 N–H and O–H groups in total. The topological polar surface area (TPSA) is 90.6 Å². The van der Waals surface area contributed by atoms with E-state index < -0.39 is 0 Å². The third-order valence-electron chi connectivity index (χ3n) is 5.33. The van der Waals surface area contributed by atoms with E-state index in [1.165, 1.54) is 0 Å². The van der Waals surface area contributed by atoms with Crippen LogP contribution in [0.25, 0.3) is 11.3 Å². The molecule has 1 aromatic carbocycles. The number of carbonyl (C=O) groups is 2. The van der Waals surface area contributed by atoms with Crippen LogP contribution in [0, 0.1) is 0 Å². The Morgan fingerprint density at radius 3 is 2.43 bits per heavy atom. The number of piperidine rings is 1. The van der Waals surface area contributed by atoms with E-state index in [9.17, 15) is 9.59 Å². The molecule has 0 saturated carbocycles. The Kier molecular flexibility index (Phi) is 5.57. The summed E-state index contributed by atoms with van der Waals surface area (Å²) >= 11 is 0. The molecule has 8 heteroatoms.